The Kier molecular flexibility index (Phi) is 5.41. The summed E-state index contributed by atoms with van der Waals surface area (Å²) < 4.78 is 2.14. The van der Waals surface area contributed by atoms with Crippen molar-refractivity contribution >= 4 is 17.5 Å². The van der Waals surface area contributed by atoms with Crippen LogP contribution in [-0.4, -0.2) is 22.9 Å². The highest BCUT2D eigenvalue weighted by atomic mass is 16.2. The number of benzene rings is 2. The summed E-state index contributed by atoms with van der Waals surface area (Å²) in [6.45, 7) is 6.52. The van der Waals surface area contributed by atoms with Crippen LogP contribution in [0.2, 0.25) is 0 Å². The molecule has 3 rings (SSSR count). The molecule has 1 aromatic heterocycles. The molecular formula is C22H23N3O2. The van der Waals surface area contributed by atoms with Gasteiger partial charge < -0.3 is 15.2 Å². The molecule has 0 spiro atoms. The third-order valence-corrected chi connectivity index (χ3v) is 4.38. The van der Waals surface area contributed by atoms with Crippen LogP contribution < -0.4 is 10.6 Å². The lowest BCUT2D eigenvalue weighted by atomic mass is 10.1. The fourth-order valence-corrected chi connectivity index (χ4v) is 3.04. The van der Waals surface area contributed by atoms with Crippen LogP contribution in [0.25, 0.3) is 5.69 Å². The highest BCUT2D eigenvalue weighted by Crippen LogP contribution is 2.18. The second-order valence-electron chi connectivity index (χ2n) is 6.39. The third kappa shape index (κ3) is 4.08. The fourth-order valence-electron chi connectivity index (χ4n) is 3.04. The maximum Gasteiger partial charge on any atom is 0.255 e. The minimum Gasteiger partial charge on any atom is -0.352 e. The molecule has 0 saturated carbocycles. The SMILES string of the molecule is CCNC(=O)c1cccc(NC(=O)c2ccc(-n3c(C)ccc3C)cc2)c1. The standard InChI is InChI=1S/C22H23N3O2/c1-4-23-21(26)18-6-5-7-19(14-18)24-22(27)17-10-12-20(13-11-17)25-15(2)8-9-16(25)3/h5-14H,4H2,1-3H3,(H,23,26)(H,24,27). The molecule has 0 fully saturated rings. The molecule has 5 nitrogen and oxygen atoms in total. The van der Waals surface area contributed by atoms with Crippen LogP contribution in [0.5, 0.6) is 0 Å². The summed E-state index contributed by atoms with van der Waals surface area (Å²) in [5, 5.41) is 5.60. The van der Waals surface area contributed by atoms with Crippen LogP contribution in [0, 0.1) is 13.8 Å². The van der Waals surface area contributed by atoms with Gasteiger partial charge in [-0.15, -0.1) is 0 Å². The van der Waals surface area contributed by atoms with Crippen molar-refractivity contribution in [1.82, 2.24) is 9.88 Å². The first-order valence-corrected chi connectivity index (χ1v) is 8.94. The van der Waals surface area contributed by atoms with E-state index in [4.69, 9.17) is 0 Å². The van der Waals surface area contributed by atoms with Gasteiger partial charge in [0.1, 0.15) is 0 Å². The van der Waals surface area contributed by atoms with Crippen LogP contribution in [0.4, 0.5) is 5.69 Å². The van der Waals surface area contributed by atoms with Crippen molar-refractivity contribution in [2.75, 3.05) is 11.9 Å². The largest absolute Gasteiger partial charge is 0.352 e. The van der Waals surface area contributed by atoms with Gasteiger partial charge >= 0.3 is 0 Å². The molecule has 0 radical (unpaired) electrons. The molecule has 0 aliphatic heterocycles. The monoisotopic (exact) mass is 361 g/mol. The van der Waals surface area contributed by atoms with Crippen molar-refractivity contribution in [2.45, 2.75) is 20.8 Å². The first kappa shape index (κ1) is 18.5. The van der Waals surface area contributed by atoms with Gasteiger partial charge in [0.15, 0.2) is 0 Å². The van der Waals surface area contributed by atoms with E-state index in [1.165, 1.54) is 0 Å². The molecule has 0 atom stereocenters. The van der Waals surface area contributed by atoms with Crippen molar-refractivity contribution in [3.8, 4) is 5.69 Å². The third-order valence-electron chi connectivity index (χ3n) is 4.38. The highest BCUT2D eigenvalue weighted by molar-refractivity contribution is 6.05. The fraction of sp³-hybridized carbons (Fsp3) is 0.182. The van der Waals surface area contributed by atoms with E-state index in [0.29, 0.717) is 23.4 Å². The molecule has 0 aliphatic rings. The number of aromatic nitrogens is 1. The van der Waals surface area contributed by atoms with E-state index in [0.717, 1.165) is 17.1 Å². The van der Waals surface area contributed by atoms with Gasteiger partial charge in [0.2, 0.25) is 0 Å². The van der Waals surface area contributed by atoms with Crippen molar-refractivity contribution in [3.05, 3.63) is 83.2 Å². The van der Waals surface area contributed by atoms with Crippen LogP contribution in [-0.2, 0) is 0 Å². The number of aryl methyl sites for hydroxylation is 2. The molecule has 0 unspecified atom stereocenters. The predicted molar refractivity (Wildman–Crippen MR) is 108 cm³/mol. The Labute approximate surface area is 159 Å². The molecule has 0 saturated heterocycles. The van der Waals surface area contributed by atoms with Gasteiger partial charge in [0, 0.05) is 40.4 Å². The van der Waals surface area contributed by atoms with E-state index in [1.807, 2.05) is 19.1 Å². The average Bonchev–Trinajstić information content (AvgIpc) is 3.00. The molecule has 0 bridgehead atoms. The van der Waals surface area contributed by atoms with E-state index < -0.39 is 0 Å². The smallest absolute Gasteiger partial charge is 0.255 e. The predicted octanol–water partition coefficient (Wildman–Crippen LogP) is 4.10. The maximum absolute atomic E-state index is 12.5. The van der Waals surface area contributed by atoms with Gasteiger partial charge in [-0.1, -0.05) is 6.07 Å². The van der Waals surface area contributed by atoms with E-state index in [-0.39, 0.29) is 11.8 Å². The van der Waals surface area contributed by atoms with E-state index in [9.17, 15) is 9.59 Å². The Morgan fingerprint density at radius 2 is 1.52 bits per heavy atom. The van der Waals surface area contributed by atoms with Gasteiger partial charge in [-0.25, -0.2) is 0 Å². The van der Waals surface area contributed by atoms with Crippen molar-refractivity contribution in [2.24, 2.45) is 0 Å². The van der Waals surface area contributed by atoms with Gasteiger partial charge in [-0.3, -0.25) is 9.59 Å². The summed E-state index contributed by atoms with van der Waals surface area (Å²) in [6.07, 6.45) is 0. The molecule has 3 aromatic rings. The molecule has 2 N–H and O–H groups in total. The number of carbonyl (C=O) groups excluding carboxylic acids is 2. The molecule has 138 valence electrons. The Balaban J connectivity index is 1.75. The van der Waals surface area contributed by atoms with Crippen molar-refractivity contribution in [3.63, 3.8) is 0 Å². The molecule has 27 heavy (non-hydrogen) atoms. The minimum absolute atomic E-state index is 0.157. The number of carbonyl (C=O) groups is 2. The highest BCUT2D eigenvalue weighted by Gasteiger charge is 2.10. The lowest BCUT2D eigenvalue weighted by Gasteiger charge is -2.11. The normalized spacial score (nSPS) is 10.5. The number of nitrogens with zero attached hydrogens (tertiary/aromatic N) is 1. The summed E-state index contributed by atoms with van der Waals surface area (Å²) in [4.78, 5) is 24.5. The number of nitrogens with one attached hydrogen (secondary N) is 2. The zero-order chi connectivity index (χ0) is 19.4. The summed E-state index contributed by atoms with van der Waals surface area (Å²) in [5.41, 5.74) is 4.97. The second kappa shape index (κ2) is 7.91. The van der Waals surface area contributed by atoms with Gasteiger partial charge in [0.05, 0.1) is 0 Å². The number of rotatable bonds is 5. The van der Waals surface area contributed by atoms with Crippen LogP contribution in [0.1, 0.15) is 39.0 Å². The molecule has 0 aliphatic carbocycles. The summed E-state index contributed by atoms with van der Waals surface area (Å²) in [7, 11) is 0. The minimum atomic E-state index is -0.212. The molecule has 5 heteroatoms. The van der Waals surface area contributed by atoms with Crippen LogP contribution in [0.15, 0.2) is 60.7 Å². The lowest BCUT2D eigenvalue weighted by Crippen LogP contribution is -2.22. The summed E-state index contributed by atoms with van der Waals surface area (Å²) in [6, 6.07) is 18.5. The lowest BCUT2D eigenvalue weighted by molar-refractivity contribution is 0.0954. The number of anilines is 1. The average molecular weight is 361 g/mol. The van der Waals surface area contributed by atoms with Crippen molar-refractivity contribution < 1.29 is 9.59 Å². The quantitative estimate of drug-likeness (QED) is 0.719. The van der Waals surface area contributed by atoms with E-state index in [1.54, 1.807) is 36.4 Å². The maximum atomic E-state index is 12.5. The Bertz CT molecular complexity index is 952. The number of amides is 2. The molecular weight excluding hydrogens is 338 g/mol. The Morgan fingerprint density at radius 3 is 2.15 bits per heavy atom. The summed E-state index contributed by atoms with van der Waals surface area (Å²) in [5.74, 6) is -0.369. The first-order valence-electron chi connectivity index (χ1n) is 8.94. The van der Waals surface area contributed by atoms with E-state index >= 15 is 0 Å². The Hall–Kier alpha value is -3.34. The van der Waals surface area contributed by atoms with Crippen molar-refractivity contribution in [1.29, 1.82) is 0 Å². The molecule has 2 amide bonds. The van der Waals surface area contributed by atoms with Gasteiger partial charge in [0.25, 0.3) is 11.8 Å². The Morgan fingerprint density at radius 1 is 0.852 bits per heavy atom. The molecule has 1 heterocycles. The first-order chi connectivity index (χ1) is 13.0. The number of hydrogen-bond donors (Lipinski definition) is 2. The van der Waals surface area contributed by atoms with E-state index in [2.05, 4.69) is 41.2 Å². The van der Waals surface area contributed by atoms with Crippen LogP contribution >= 0.6 is 0 Å². The molecule has 2 aromatic carbocycles. The zero-order valence-electron chi connectivity index (χ0n) is 15.7. The van der Waals surface area contributed by atoms with Crippen LogP contribution in [0.3, 0.4) is 0 Å². The van der Waals surface area contributed by atoms with Gasteiger partial charge in [-0.2, -0.15) is 0 Å². The summed E-state index contributed by atoms with van der Waals surface area (Å²) >= 11 is 0. The number of hydrogen-bond acceptors (Lipinski definition) is 2. The topological polar surface area (TPSA) is 63.1 Å². The zero-order valence-corrected chi connectivity index (χ0v) is 15.7. The van der Waals surface area contributed by atoms with Gasteiger partial charge in [-0.05, 0) is 75.4 Å². The second-order valence-corrected chi connectivity index (χ2v) is 6.39.